The second kappa shape index (κ2) is 15.9. The second-order valence-electron chi connectivity index (χ2n) is 12.7. The Balaban J connectivity index is 1.19. The molecule has 9 heteroatoms. The molecule has 0 aromatic heterocycles. The number of hydrogen-bond acceptors (Lipinski definition) is 4. The van der Waals surface area contributed by atoms with Crippen molar-refractivity contribution in [3.63, 3.8) is 0 Å². The van der Waals surface area contributed by atoms with Gasteiger partial charge in [-0.05, 0) is 56.1 Å². The Kier molecular flexibility index (Phi) is 12.3. The SMILES string of the molecule is CCCC[C@H]1CN(CCCC[C@H]2CN=C(N)N2CCc2cccc(C(F)(F)F)c2)C(=N)N1CCCCC1CCCCC1. The predicted octanol–water partition coefficient (Wildman–Crippen LogP) is 7.28. The van der Waals surface area contributed by atoms with Crippen molar-refractivity contribution in [2.45, 2.75) is 121 Å². The molecule has 1 saturated heterocycles. The summed E-state index contributed by atoms with van der Waals surface area (Å²) in [5.74, 6) is 2.14. The van der Waals surface area contributed by atoms with E-state index in [2.05, 4.69) is 26.6 Å². The van der Waals surface area contributed by atoms with Crippen LogP contribution in [0.3, 0.4) is 0 Å². The summed E-state index contributed by atoms with van der Waals surface area (Å²) in [5.41, 5.74) is 6.22. The first kappa shape index (κ1) is 32.5. The van der Waals surface area contributed by atoms with Crippen molar-refractivity contribution >= 4 is 11.9 Å². The van der Waals surface area contributed by atoms with Gasteiger partial charge in [0.1, 0.15) is 0 Å². The Morgan fingerprint density at radius 2 is 1.64 bits per heavy atom. The molecule has 42 heavy (non-hydrogen) atoms. The predicted molar refractivity (Wildman–Crippen MR) is 166 cm³/mol. The number of nitrogens with two attached hydrogens (primary N) is 1. The van der Waals surface area contributed by atoms with Gasteiger partial charge in [-0.1, -0.05) is 82.9 Å². The first-order valence-electron chi connectivity index (χ1n) is 16.6. The van der Waals surface area contributed by atoms with Crippen LogP contribution in [-0.4, -0.2) is 71.4 Å². The average molecular weight is 591 g/mol. The molecular formula is C33H53F3N6. The van der Waals surface area contributed by atoms with Gasteiger partial charge in [-0.3, -0.25) is 10.4 Å². The van der Waals surface area contributed by atoms with Crippen LogP contribution < -0.4 is 5.73 Å². The fourth-order valence-electron chi connectivity index (χ4n) is 7.11. The fourth-order valence-corrected chi connectivity index (χ4v) is 7.11. The summed E-state index contributed by atoms with van der Waals surface area (Å²) in [5, 5.41) is 8.95. The standard InChI is InChI=1S/C33H53F3N6/c1-2-3-17-30-25-40(32(38)42(30)21-10-7-14-26-12-5-4-6-13-26)20-9-8-18-29-24-39-31(37)41(29)22-19-27-15-11-16-28(23-27)33(34,35)36/h11,15-16,23,26,29-30,38H,2-10,12-14,17-22,24-25H2,1H3,(H2,37,39)/t29-,30-/m0/s1. The van der Waals surface area contributed by atoms with Gasteiger partial charge in [0, 0.05) is 32.2 Å². The van der Waals surface area contributed by atoms with Crippen LogP contribution in [0.25, 0.3) is 0 Å². The molecule has 0 spiro atoms. The highest BCUT2D eigenvalue weighted by atomic mass is 19.4. The van der Waals surface area contributed by atoms with Gasteiger partial charge < -0.3 is 20.4 Å². The minimum absolute atomic E-state index is 0.187. The normalized spacial score (nSPS) is 22.0. The zero-order valence-electron chi connectivity index (χ0n) is 25.7. The lowest BCUT2D eigenvalue weighted by atomic mass is 9.86. The number of benzene rings is 1. The third-order valence-corrected chi connectivity index (χ3v) is 9.63. The van der Waals surface area contributed by atoms with Crippen LogP contribution in [-0.2, 0) is 12.6 Å². The molecule has 0 bridgehead atoms. The molecule has 2 heterocycles. The van der Waals surface area contributed by atoms with E-state index >= 15 is 0 Å². The van der Waals surface area contributed by atoms with Crippen molar-refractivity contribution in [1.82, 2.24) is 14.7 Å². The summed E-state index contributed by atoms with van der Waals surface area (Å²) in [6.45, 7) is 6.32. The number of nitrogens with one attached hydrogen (secondary N) is 1. The van der Waals surface area contributed by atoms with Gasteiger partial charge in [0.15, 0.2) is 11.9 Å². The van der Waals surface area contributed by atoms with Gasteiger partial charge >= 0.3 is 6.18 Å². The Morgan fingerprint density at radius 3 is 2.40 bits per heavy atom. The molecule has 4 rings (SSSR count). The first-order valence-corrected chi connectivity index (χ1v) is 16.6. The van der Waals surface area contributed by atoms with Gasteiger partial charge in [0.05, 0.1) is 18.2 Å². The van der Waals surface area contributed by atoms with Crippen LogP contribution >= 0.6 is 0 Å². The van der Waals surface area contributed by atoms with Crippen molar-refractivity contribution in [3.05, 3.63) is 35.4 Å². The number of hydrogen-bond donors (Lipinski definition) is 2. The summed E-state index contributed by atoms with van der Waals surface area (Å²) >= 11 is 0. The Hall–Kier alpha value is -2.45. The highest BCUT2D eigenvalue weighted by molar-refractivity contribution is 5.80. The maximum atomic E-state index is 13.1. The molecule has 1 saturated carbocycles. The molecule has 236 valence electrons. The van der Waals surface area contributed by atoms with Gasteiger partial charge in [-0.25, -0.2) is 0 Å². The zero-order valence-corrected chi connectivity index (χ0v) is 25.7. The molecule has 3 aliphatic rings. The van der Waals surface area contributed by atoms with E-state index in [-0.39, 0.29) is 6.04 Å². The van der Waals surface area contributed by atoms with Crippen LogP contribution in [0.4, 0.5) is 13.2 Å². The van der Waals surface area contributed by atoms with E-state index in [1.807, 2.05) is 0 Å². The molecular weight excluding hydrogens is 537 g/mol. The highest BCUT2D eigenvalue weighted by Crippen LogP contribution is 2.30. The summed E-state index contributed by atoms with van der Waals surface area (Å²) in [4.78, 5) is 11.2. The van der Waals surface area contributed by atoms with E-state index in [1.165, 1.54) is 76.3 Å². The van der Waals surface area contributed by atoms with Crippen LogP contribution in [0.5, 0.6) is 0 Å². The molecule has 1 aromatic carbocycles. The van der Waals surface area contributed by atoms with Crippen molar-refractivity contribution < 1.29 is 13.2 Å². The lowest BCUT2D eigenvalue weighted by Crippen LogP contribution is -2.42. The molecule has 6 nitrogen and oxygen atoms in total. The van der Waals surface area contributed by atoms with Gasteiger partial charge in [-0.15, -0.1) is 0 Å². The third kappa shape index (κ3) is 9.27. The summed E-state index contributed by atoms with van der Waals surface area (Å²) < 4.78 is 39.3. The Morgan fingerprint density at radius 1 is 0.905 bits per heavy atom. The van der Waals surface area contributed by atoms with Gasteiger partial charge in [0.2, 0.25) is 0 Å². The van der Waals surface area contributed by atoms with E-state index in [0.717, 1.165) is 57.3 Å². The van der Waals surface area contributed by atoms with Crippen molar-refractivity contribution in [1.29, 1.82) is 5.41 Å². The minimum Gasteiger partial charge on any atom is -0.370 e. The molecule has 0 amide bonds. The van der Waals surface area contributed by atoms with Crippen LogP contribution in [0.2, 0.25) is 0 Å². The van der Waals surface area contributed by atoms with Gasteiger partial charge in [-0.2, -0.15) is 13.2 Å². The third-order valence-electron chi connectivity index (χ3n) is 9.63. The van der Waals surface area contributed by atoms with Crippen molar-refractivity contribution in [2.24, 2.45) is 16.6 Å². The van der Waals surface area contributed by atoms with Crippen LogP contribution in [0.15, 0.2) is 29.3 Å². The van der Waals surface area contributed by atoms with Gasteiger partial charge in [0.25, 0.3) is 0 Å². The average Bonchev–Trinajstić information content (AvgIpc) is 3.48. The highest BCUT2D eigenvalue weighted by Gasteiger charge is 2.34. The minimum atomic E-state index is -4.33. The van der Waals surface area contributed by atoms with Crippen molar-refractivity contribution in [3.8, 4) is 0 Å². The van der Waals surface area contributed by atoms with E-state index in [4.69, 9.17) is 11.1 Å². The summed E-state index contributed by atoms with van der Waals surface area (Å²) in [6.07, 6.45) is 13.6. The monoisotopic (exact) mass is 590 g/mol. The zero-order chi connectivity index (χ0) is 30.0. The lowest BCUT2D eigenvalue weighted by Gasteiger charge is -2.27. The smallest absolute Gasteiger partial charge is 0.370 e. The van der Waals surface area contributed by atoms with E-state index < -0.39 is 11.7 Å². The number of nitrogens with zero attached hydrogens (tertiary/aromatic N) is 4. The lowest BCUT2D eigenvalue weighted by molar-refractivity contribution is -0.137. The maximum absolute atomic E-state index is 13.1. The second-order valence-corrected chi connectivity index (χ2v) is 12.7. The van der Waals surface area contributed by atoms with Crippen LogP contribution in [0, 0.1) is 11.3 Å². The quantitative estimate of drug-likeness (QED) is 0.199. The first-order chi connectivity index (χ1) is 20.3. The Labute approximate surface area is 251 Å². The number of halogens is 3. The largest absolute Gasteiger partial charge is 0.416 e. The number of guanidine groups is 2. The number of alkyl halides is 3. The van der Waals surface area contributed by atoms with E-state index in [9.17, 15) is 13.2 Å². The number of aliphatic imine (C=N–C) groups is 1. The van der Waals surface area contributed by atoms with Crippen molar-refractivity contribution in [2.75, 3.05) is 32.7 Å². The molecule has 0 radical (unpaired) electrons. The molecule has 2 atom stereocenters. The summed E-state index contributed by atoms with van der Waals surface area (Å²) in [7, 11) is 0. The molecule has 1 aromatic rings. The summed E-state index contributed by atoms with van der Waals surface area (Å²) in [6, 6.07) is 6.21. The molecule has 1 aliphatic carbocycles. The topological polar surface area (TPSA) is 72.0 Å². The maximum Gasteiger partial charge on any atom is 0.416 e. The number of unbranched alkanes of at least 4 members (excludes halogenated alkanes) is 3. The molecule has 0 unspecified atom stereocenters. The Bertz CT molecular complexity index is 1010. The van der Waals surface area contributed by atoms with Crippen LogP contribution in [0.1, 0.15) is 108 Å². The molecule has 3 N–H and O–H groups in total. The molecule has 2 aliphatic heterocycles. The van der Waals surface area contributed by atoms with E-state index in [0.29, 0.717) is 43.0 Å². The van der Waals surface area contributed by atoms with E-state index in [1.54, 1.807) is 6.07 Å². The molecule has 2 fully saturated rings. The fraction of sp³-hybridized carbons (Fsp3) is 0.758. The number of rotatable bonds is 16.